The van der Waals surface area contributed by atoms with E-state index in [-0.39, 0.29) is 0 Å². The van der Waals surface area contributed by atoms with Crippen molar-refractivity contribution in [3.63, 3.8) is 0 Å². The third-order valence-electron chi connectivity index (χ3n) is 3.31. The Morgan fingerprint density at radius 2 is 2.06 bits per heavy atom. The second-order valence-electron chi connectivity index (χ2n) is 4.49. The normalized spacial score (nSPS) is 10.6. The average molecular weight is 243 g/mol. The van der Waals surface area contributed by atoms with Gasteiger partial charge in [0.05, 0.1) is 12.2 Å². The zero-order valence-electron chi connectivity index (χ0n) is 11.4. The van der Waals surface area contributed by atoms with Crippen LogP contribution in [-0.2, 0) is 19.5 Å². The van der Waals surface area contributed by atoms with Crippen LogP contribution >= 0.6 is 0 Å². The third kappa shape index (κ3) is 2.73. The molecule has 1 heterocycles. The fraction of sp³-hybridized carbons (Fsp3) is 0.400. The lowest BCUT2D eigenvalue weighted by atomic mass is 10.1. The fourth-order valence-electron chi connectivity index (χ4n) is 2.15. The summed E-state index contributed by atoms with van der Waals surface area (Å²) in [7, 11) is 0. The SMILES string of the molecule is CCc1cc(NCc2ccnn2CC)ccc1C. The van der Waals surface area contributed by atoms with Gasteiger partial charge in [0.25, 0.3) is 0 Å². The van der Waals surface area contributed by atoms with Crippen molar-refractivity contribution in [2.45, 2.75) is 40.3 Å². The van der Waals surface area contributed by atoms with E-state index >= 15 is 0 Å². The number of anilines is 1. The van der Waals surface area contributed by atoms with Crippen molar-refractivity contribution in [1.82, 2.24) is 9.78 Å². The zero-order chi connectivity index (χ0) is 13.0. The minimum absolute atomic E-state index is 0.819. The van der Waals surface area contributed by atoms with Crippen molar-refractivity contribution in [1.29, 1.82) is 0 Å². The summed E-state index contributed by atoms with van der Waals surface area (Å²) in [6.07, 6.45) is 2.93. The molecular formula is C15H21N3. The summed E-state index contributed by atoms with van der Waals surface area (Å²) in [6, 6.07) is 8.62. The molecular weight excluding hydrogens is 222 g/mol. The van der Waals surface area contributed by atoms with Crippen LogP contribution in [0.5, 0.6) is 0 Å². The maximum Gasteiger partial charge on any atom is 0.0575 e. The molecule has 3 nitrogen and oxygen atoms in total. The Hall–Kier alpha value is -1.77. The van der Waals surface area contributed by atoms with E-state index < -0.39 is 0 Å². The van der Waals surface area contributed by atoms with Crippen molar-refractivity contribution < 1.29 is 0 Å². The Labute approximate surface area is 109 Å². The second-order valence-corrected chi connectivity index (χ2v) is 4.49. The van der Waals surface area contributed by atoms with Crippen molar-refractivity contribution in [3.8, 4) is 0 Å². The van der Waals surface area contributed by atoms with E-state index in [1.165, 1.54) is 22.5 Å². The molecule has 0 aliphatic rings. The molecule has 0 bridgehead atoms. The number of benzene rings is 1. The van der Waals surface area contributed by atoms with Gasteiger partial charge in [0.2, 0.25) is 0 Å². The van der Waals surface area contributed by atoms with Crippen molar-refractivity contribution >= 4 is 5.69 Å². The van der Waals surface area contributed by atoms with E-state index in [4.69, 9.17) is 0 Å². The highest BCUT2D eigenvalue weighted by Gasteiger charge is 2.02. The molecule has 0 unspecified atom stereocenters. The molecule has 0 amide bonds. The summed E-state index contributed by atoms with van der Waals surface area (Å²) >= 11 is 0. The first-order valence-electron chi connectivity index (χ1n) is 6.58. The Balaban J connectivity index is 2.06. The van der Waals surface area contributed by atoms with Crippen molar-refractivity contribution in [3.05, 3.63) is 47.3 Å². The average Bonchev–Trinajstić information content (AvgIpc) is 2.85. The van der Waals surface area contributed by atoms with E-state index in [0.29, 0.717) is 0 Å². The Bertz CT molecular complexity index is 514. The van der Waals surface area contributed by atoms with Gasteiger partial charge < -0.3 is 5.32 Å². The van der Waals surface area contributed by atoms with Gasteiger partial charge in [0, 0.05) is 18.4 Å². The number of nitrogens with one attached hydrogen (secondary N) is 1. The number of rotatable bonds is 5. The van der Waals surface area contributed by atoms with E-state index in [2.05, 4.69) is 55.5 Å². The van der Waals surface area contributed by atoms with E-state index in [9.17, 15) is 0 Å². The van der Waals surface area contributed by atoms with Crippen LogP contribution in [0, 0.1) is 6.92 Å². The highest BCUT2D eigenvalue weighted by atomic mass is 15.3. The van der Waals surface area contributed by atoms with Gasteiger partial charge >= 0.3 is 0 Å². The molecule has 2 aromatic rings. The Morgan fingerprint density at radius 1 is 1.22 bits per heavy atom. The highest BCUT2D eigenvalue weighted by molar-refractivity contribution is 5.48. The van der Waals surface area contributed by atoms with Crippen LogP contribution in [0.1, 0.15) is 30.7 Å². The monoisotopic (exact) mass is 243 g/mol. The second kappa shape index (κ2) is 5.71. The smallest absolute Gasteiger partial charge is 0.0575 e. The minimum Gasteiger partial charge on any atom is -0.379 e. The number of aromatic nitrogens is 2. The lowest BCUT2D eigenvalue weighted by Crippen LogP contribution is -2.08. The van der Waals surface area contributed by atoms with Crippen LogP contribution in [0.2, 0.25) is 0 Å². The van der Waals surface area contributed by atoms with Crippen LogP contribution in [0.15, 0.2) is 30.5 Å². The molecule has 3 heteroatoms. The Kier molecular flexibility index (Phi) is 4.03. The highest BCUT2D eigenvalue weighted by Crippen LogP contribution is 2.16. The van der Waals surface area contributed by atoms with Gasteiger partial charge in [-0.3, -0.25) is 4.68 Å². The predicted molar refractivity (Wildman–Crippen MR) is 75.8 cm³/mol. The minimum atomic E-state index is 0.819. The molecule has 1 aromatic heterocycles. The molecule has 0 aliphatic carbocycles. The standard InChI is InChI=1S/C15H21N3/c1-4-13-10-14(7-6-12(13)3)16-11-15-8-9-17-18(15)5-2/h6-10,16H,4-5,11H2,1-3H3. The van der Waals surface area contributed by atoms with Crippen LogP contribution in [-0.4, -0.2) is 9.78 Å². The van der Waals surface area contributed by atoms with Gasteiger partial charge in [0.1, 0.15) is 0 Å². The van der Waals surface area contributed by atoms with Gasteiger partial charge in [-0.2, -0.15) is 5.10 Å². The summed E-state index contributed by atoms with van der Waals surface area (Å²) in [4.78, 5) is 0. The molecule has 0 spiro atoms. The molecule has 18 heavy (non-hydrogen) atoms. The molecule has 1 aromatic carbocycles. The first kappa shape index (κ1) is 12.7. The lowest BCUT2D eigenvalue weighted by molar-refractivity contribution is 0.627. The van der Waals surface area contributed by atoms with E-state index in [1.54, 1.807) is 0 Å². The van der Waals surface area contributed by atoms with Crippen LogP contribution in [0.25, 0.3) is 0 Å². The van der Waals surface area contributed by atoms with Crippen molar-refractivity contribution in [2.75, 3.05) is 5.32 Å². The number of aryl methyl sites for hydroxylation is 3. The molecule has 0 radical (unpaired) electrons. The summed E-state index contributed by atoms with van der Waals surface area (Å²) in [5.74, 6) is 0. The summed E-state index contributed by atoms with van der Waals surface area (Å²) in [6.45, 7) is 8.20. The first-order chi connectivity index (χ1) is 8.74. The lowest BCUT2D eigenvalue weighted by Gasteiger charge is -2.10. The van der Waals surface area contributed by atoms with Gasteiger partial charge in [0.15, 0.2) is 0 Å². The topological polar surface area (TPSA) is 29.9 Å². The van der Waals surface area contributed by atoms with Crippen LogP contribution in [0.3, 0.4) is 0 Å². The number of nitrogens with zero attached hydrogens (tertiary/aromatic N) is 2. The largest absolute Gasteiger partial charge is 0.379 e. The van der Waals surface area contributed by atoms with Gasteiger partial charge in [-0.05, 0) is 49.6 Å². The first-order valence-corrected chi connectivity index (χ1v) is 6.58. The number of hydrogen-bond acceptors (Lipinski definition) is 2. The fourth-order valence-corrected chi connectivity index (χ4v) is 2.15. The summed E-state index contributed by atoms with van der Waals surface area (Å²) in [5.41, 5.74) is 5.17. The predicted octanol–water partition coefficient (Wildman–Crippen LogP) is 3.39. The zero-order valence-corrected chi connectivity index (χ0v) is 11.4. The van der Waals surface area contributed by atoms with Crippen molar-refractivity contribution in [2.24, 2.45) is 0 Å². The number of hydrogen-bond donors (Lipinski definition) is 1. The summed E-state index contributed by atoms with van der Waals surface area (Å²) in [5, 5.41) is 7.73. The molecule has 96 valence electrons. The van der Waals surface area contributed by atoms with Crippen LogP contribution in [0.4, 0.5) is 5.69 Å². The maximum absolute atomic E-state index is 4.27. The van der Waals surface area contributed by atoms with Gasteiger partial charge in [-0.1, -0.05) is 13.0 Å². The van der Waals surface area contributed by atoms with Gasteiger partial charge in [-0.25, -0.2) is 0 Å². The maximum atomic E-state index is 4.27. The van der Waals surface area contributed by atoms with Gasteiger partial charge in [-0.15, -0.1) is 0 Å². The molecule has 2 rings (SSSR count). The molecule has 0 aliphatic heterocycles. The van der Waals surface area contributed by atoms with Crippen LogP contribution < -0.4 is 5.32 Å². The third-order valence-corrected chi connectivity index (χ3v) is 3.31. The van der Waals surface area contributed by atoms with E-state index in [1.807, 2.05) is 10.9 Å². The summed E-state index contributed by atoms with van der Waals surface area (Å²) < 4.78 is 2.02. The molecule has 0 saturated heterocycles. The molecule has 0 atom stereocenters. The molecule has 1 N–H and O–H groups in total. The molecule has 0 fully saturated rings. The Morgan fingerprint density at radius 3 is 2.78 bits per heavy atom. The molecule has 0 saturated carbocycles. The quantitative estimate of drug-likeness (QED) is 0.872. The van der Waals surface area contributed by atoms with E-state index in [0.717, 1.165) is 19.5 Å².